The van der Waals surface area contributed by atoms with Gasteiger partial charge in [-0.2, -0.15) is 0 Å². The first-order valence-electron chi connectivity index (χ1n) is 5.27. The Kier molecular flexibility index (Phi) is 4.47. The fourth-order valence-electron chi connectivity index (χ4n) is 1.45. The third-order valence-corrected chi connectivity index (χ3v) is 4.39. The fraction of sp³-hybridized carbons (Fsp3) is 0.200. The summed E-state index contributed by atoms with van der Waals surface area (Å²) >= 11 is 6.51. The molecule has 0 bridgehead atoms. The van der Waals surface area contributed by atoms with Crippen molar-refractivity contribution in [1.82, 2.24) is 15.0 Å². The Morgan fingerprint density at radius 1 is 1.35 bits per heavy atom. The molecule has 2 rings (SSSR count). The van der Waals surface area contributed by atoms with Crippen molar-refractivity contribution in [3.63, 3.8) is 0 Å². The van der Waals surface area contributed by atoms with Crippen molar-refractivity contribution < 1.29 is 13.2 Å². The Morgan fingerprint density at radius 2 is 1.95 bits per heavy atom. The van der Waals surface area contributed by atoms with Crippen LogP contribution in [-0.2, 0) is 23.7 Å². The van der Waals surface area contributed by atoms with Crippen LogP contribution in [0.3, 0.4) is 0 Å². The van der Waals surface area contributed by atoms with E-state index in [0.717, 1.165) is 0 Å². The first-order valence-corrected chi connectivity index (χ1v) is 8.40. The van der Waals surface area contributed by atoms with Crippen LogP contribution in [0.25, 0.3) is 0 Å². The zero-order chi connectivity index (χ0) is 14.9. The molecule has 10 heteroatoms. The van der Waals surface area contributed by atoms with Gasteiger partial charge in [0.25, 0.3) is 0 Å². The molecule has 2 N–H and O–H groups in total. The minimum Gasteiger partial charge on any atom is -0.485 e. The van der Waals surface area contributed by atoms with Crippen molar-refractivity contribution >= 4 is 41.9 Å². The highest BCUT2D eigenvalue weighted by Gasteiger charge is 2.15. The van der Waals surface area contributed by atoms with Gasteiger partial charge in [-0.3, -0.25) is 4.68 Å². The number of ether oxygens (including phenoxy) is 1. The van der Waals surface area contributed by atoms with Crippen LogP contribution in [0.15, 0.2) is 32.2 Å². The van der Waals surface area contributed by atoms with Gasteiger partial charge in [0, 0.05) is 7.05 Å². The minimum absolute atomic E-state index is 0.0110. The number of benzene rings is 1. The predicted molar refractivity (Wildman–Crippen MR) is 78.6 cm³/mol. The Morgan fingerprint density at radius 3 is 2.40 bits per heavy atom. The molecular formula is C10H10Br2N4O3S. The third-order valence-electron chi connectivity index (χ3n) is 2.31. The summed E-state index contributed by atoms with van der Waals surface area (Å²) in [5.74, 6) is 0.461. The van der Waals surface area contributed by atoms with E-state index in [1.807, 2.05) is 0 Å². The number of nitrogens with two attached hydrogens (primary N) is 1. The zero-order valence-corrected chi connectivity index (χ0v) is 14.2. The standard InChI is InChI=1S/C10H10Br2N4O3S/c1-16-4-6(14-15-16)5-19-10-8(11)2-7(3-9(10)12)20(13,17)18/h2-4H,5H2,1H3,(H2,13,17,18). The van der Waals surface area contributed by atoms with Gasteiger partial charge in [-0.15, -0.1) is 5.10 Å². The van der Waals surface area contributed by atoms with Crippen molar-refractivity contribution in [3.05, 3.63) is 33.0 Å². The molecule has 2 aromatic rings. The second-order valence-corrected chi connectivity index (χ2v) is 7.20. The number of hydrogen-bond donors (Lipinski definition) is 1. The summed E-state index contributed by atoms with van der Waals surface area (Å²) in [4.78, 5) is -0.0110. The number of aromatic nitrogens is 3. The summed E-state index contributed by atoms with van der Waals surface area (Å²) in [7, 11) is -2.02. The van der Waals surface area contributed by atoms with Crippen LogP contribution < -0.4 is 9.88 Å². The van der Waals surface area contributed by atoms with Crippen LogP contribution in [0.4, 0.5) is 0 Å². The molecule has 1 heterocycles. The molecule has 0 aliphatic heterocycles. The Bertz CT molecular complexity index is 722. The van der Waals surface area contributed by atoms with Gasteiger partial charge in [0.1, 0.15) is 18.1 Å². The molecule has 0 radical (unpaired) electrons. The molecule has 7 nitrogen and oxygen atoms in total. The zero-order valence-electron chi connectivity index (χ0n) is 10.2. The van der Waals surface area contributed by atoms with Crippen LogP contribution in [0, 0.1) is 0 Å². The van der Waals surface area contributed by atoms with Crippen molar-refractivity contribution in [2.45, 2.75) is 11.5 Å². The lowest BCUT2D eigenvalue weighted by Crippen LogP contribution is -2.12. The van der Waals surface area contributed by atoms with Gasteiger partial charge in [-0.25, -0.2) is 13.6 Å². The van der Waals surface area contributed by atoms with E-state index in [9.17, 15) is 8.42 Å². The lowest BCUT2D eigenvalue weighted by atomic mass is 10.3. The number of rotatable bonds is 4. The first kappa shape index (κ1) is 15.4. The molecular weight excluding hydrogens is 416 g/mol. The van der Waals surface area contributed by atoms with Crippen molar-refractivity contribution in [3.8, 4) is 5.75 Å². The van der Waals surface area contributed by atoms with Gasteiger partial charge < -0.3 is 4.74 Å². The summed E-state index contributed by atoms with van der Waals surface area (Å²) in [6.45, 7) is 0.208. The monoisotopic (exact) mass is 424 g/mol. The highest BCUT2D eigenvalue weighted by atomic mass is 79.9. The van der Waals surface area contributed by atoms with Crippen LogP contribution in [0.1, 0.15) is 5.69 Å². The lowest BCUT2D eigenvalue weighted by molar-refractivity contribution is 0.297. The van der Waals surface area contributed by atoms with E-state index in [4.69, 9.17) is 9.88 Å². The maximum atomic E-state index is 11.3. The summed E-state index contributed by atoms with van der Waals surface area (Å²) in [5, 5.41) is 12.8. The molecule has 1 aromatic carbocycles. The van der Waals surface area contributed by atoms with Crippen LogP contribution in [0.2, 0.25) is 0 Å². The normalized spacial score (nSPS) is 11.6. The van der Waals surface area contributed by atoms with Crippen molar-refractivity contribution in [2.75, 3.05) is 0 Å². The van der Waals surface area contributed by atoms with Crippen LogP contribution in [0.5, 0.6) is 5.75 Å². The van der Waals surface area contributed by atoms with Crippen LogP contribution >= 0.6 is 31.9 Å². The molecule has 0 saturated carbocycles. The molecule has 0 fully saturated rings. The molecule has 0 atom stereocenters. The molecule has 0 spiro atoms. The molecule has 0 aliphatic rings. The van der Waals surface area contributed by atoms with E-state index in [1.165, 1.54) is 12.1 Å². The molecule has 0 aliphatic carbocycles. The average molecular weight is 426 g/mol. The SMILES string of the molecule is Cn1cc(COc2c(Br)cc(S(N)(=O)=O)cc2Br)nn1. The largest absolute Gasteiger partial charge is 0.485 e. The number of nitrogens with zero attached hydrogens (tertiary/aromatic N) is 3. The third kappa shape index (κ3) is 3.57. The predicted octanol–water partition coefficient (Wildman–Crippen LogP) is 1.57. The summed E-state index contributed by atoms with van der Waals surface area (Å²) < 4.78 is 30.7. The summed E-state index contributed by atoms with van der Waals surface area (Å²) in [5.41, 5.74) is 0.654. The van der Waals surface area contributed by atoms with Gasteiger partial charge >= 0.3 is 0 Å². The smallest absolute Gasteiger partial charge is 0.238 e. The molecule has 1 aromatic heterocycles. The topological polar surface area (TPSA) is 100 Å². The number of hydrogen-bond acceptors (Lipinski definition) is 5. The van der Waals surface area contributed by atoms with Gasteiger partial charge in [0.15, 0.2) is 0 Å². The summed E-state index contributed by atoms with van der Waals surface area (Å²) in [6, 6.07) is 2.76. The number of sulfonamides is 1. The van der Waals surface area contributed by atoms with Gasteiger partial charge in [0.2, 0.25) is 10.0 Å². The van der Waals surface area contributed by atoms with Crippen LogP contribution in [-0.4, -0.2) is 23.4 Å². The first-order chi connectivity index (χ1) is 9.27. The number of halogens is 2. The summed E-state index contributed by atoms with van der Waals surface area (Å²) in [6.07, 6.45) is 1.72. The Balaban J connectivity index is 2.25. The van der Waals surface area contributed by atoms with E-state index < -0.39 is 10.0 Å². The minimum atomic E-state index is -3.77. The maximum absolute atomic E-state index is 11.3. The molecule has 0 saturated heterocycles. The Labute approximate surface area is 132 Å². The second kappa shape index (κ2) is 5.80. The van der Waals surface area contributed by atoms with Gasteiger partial charge in [-0.05, 0) is 44.0 Å². The van der Waals surface area contributed by atoms with Gasteiger partial charge in [0.05, 0.1) is 20.0 Å². The highest BCUT2D eigenvalue weighted by molar-refractivity contribution is 9.11. The second-order valence-electron chi connectivity index (χ2n) is 3.93. The highest BCUT2D eigenvalue weighted by Crippen LogP contribution is 2.36. The molecule has 108 valence electrons. The van der Waals surface area contributed by atoms with E-state index in [-0.39, 0.29) is 11.5 Å². The Hall–Kier alpha value is -0.970. The van der Waals surface area contributed by atoms with E-state index >= 15 is 0 Å². The number of primary sulfonamides is 1. The van der Waals surface area contributed by atoms with Gasteiger partial charge in [-0.1, -0.05) is 5.21 Å². The molecule has 20 heavy (non-hydrogen) atoms. The van der Waals surface area contributed by atoms with E-state index in [1.54, 1.807) is 17.9 Å². The fourth-order valence-corrected chi connectivity index (χ4v) is 3.73. The quantitative estimate of drug-likeness (QED) is 0.801. The van der Waals surface area contributed by atoms with Crippen molar-refractivity contribution in [2.24, 2.45) is 12.2 Å². The molecule has 0 unspecified atom stereocenters. The number of aryl methyl sites for hydroxylation is 1. The van der Waals surface area contributed by atoms with E-state index in [2.05, 4.69) is 42.2 Å². The molecule has 0 amide bonds. The maximum Gasteiger partial charge on any atom is 0.238 e. The lowest BCUT2D eigenvalue weighted by Gasteiger charge is -2.10. The van der Waals surface area contributed by atoms with E-state index in [0.29, 0.717) is 20.4 Å². The average Bonchev–Trinajstić information content (AvgIpc) is 2.72. The van der Waals surface area contributed by atoms with Crippen molar-refractivity contribution in [1.29, 1.82) is 0 Å².